The maximum atomic E-state index is 11.3. The summed E-state index contributed by atoms with van der Waals surface area (Å²) in [4.78, 5) is 11.3. The van der Waals surface area contributed by atoms with E-state index in [-0.39, 0.29) is 24.2 Å². The predicted molar refractivity (Wildman–Crippen MR) is 74.1 cm³/mol. The molecule has 1 aromatic carbocycles. The van der Waals surface area contributed by atoms with Crippen molar-refractivity contribution in [2.75, 3.05) is 6.61 Å². The lowest BCUT2D eigenvalue weighted by Gasteiger charge is -2.31. The summed E-state index contributed by atoms with van der Waals surface area (Å²) in [5.74, 6) is -0.885. The Kier molecular flexibility index (Phi) is 3.08. The Morgan fingerprint density at radius 3 is 2.85 bits per heavy atom. The number of aromatic carboxylic acids is 1. The lowest BCUT2D eigenvalue weighted by molar-refractivity contribution is 0.0103. The number of ether oxygens (including phenoxy) is 1. The van der Waals surface area contributed by atoms with E-state index in [0.717, 1.165) is 5.56 Å². The zero-order chi connectivity index (χ0) is 14.7. The third-order valence-corrected chi connectivity index (χ3v) is 5.01. The SMILES string of the molecule is C[C@]1(CO)[C@H](O)C[C@@H]2Oc3c(C(=O)O)cc(Br)cc3[C@@H]21. The normalized spacial score (nSPS) is 34.5. The fourth-order valence-electron chi connectivity index (χ4n) is 3.42. The minimum Gasteiger partial charge on any atom is -0.488 e. The molecule has 3 N–H and O–H groups in total. The molecule has 0 amide bonds. The van der Waals surface area contributed by atoms with Crippen LogP contribution >= 0.6 is 15.9 Å². The standard InChI is InChI=1S/C14H15BrO5/c1-14(5-16)10(17)4-9-11(14)7-2-6(15)3-8(13(18)19)12(7)20-9/h2-3,9-11,16-17H,4-5H2,1H3,(H,18,19)/t9-,10+,11-,14-/m0/s1. The summed E-state index contributed by atoms with van der Waals surface area (Å²) in [6, 6.07) is 3.33. The number of aliphatic hydroxyl groups is 2. The van der Waals surface area contributed by atoms with E-state index in [9.17, 15) is 20.1 Å². The number of carboxylic acid groups (broad SMARTS) is 1. The van der Waals surface area contributed by atoms with Gasteiger partial charge in [0.25, 0.3) is 0 Å². The second-order valence-electron chi connectivity index (χ2n) is 5.73. The summed E-state index contributed by atoms with van der Waals surface area (Å²) in [6.07, 6.45) is -0.556. The van der Waals surface area contributed by atoms with Crippen LogP contribution in [0.1, 0.15) is 35.2 Å². The van der Waals surface area contributed by atoms with Gasteiger partial charge in [-0.25, -0.2) is 4.79 Å². The second kappa shape index (κ2) is 4.44. The summed E-state index contributed by atoms with van der Waals surface area (Å²) in [5, 5.41) is 29.1. The maximum absolute atomic E-state index is 11.3. The van der Waals surface area contributed by atoms with Crippen molar-refractivity contribution in [1.29, 1.82) is 0 Å². The number of benzene rings is 1. The average Bonchev–Trinajstić information content (AvgIpc) is 2.85. The Morgan fingerprint density at radius 1 is 1.55 bits per heavy atom. The number of hydrogen-bond donors (Lipinski definition) is 3. The topological polar surface area (TPSA) is 87.0 Å². The molecule has 1 aliphatic carbocycles. The lowest BCUT2D eigenvalue weighted by atomic mass is 9.75. The third-order valence-electron chi connectivity index (χ3n) is 4.56. The summed E-state index contributed by atoms with van der Waals surface area (Å²) < 4.78 is 6.43. The number of carboxylic acids is 1. The molecule has 0 saturated heterocycles. The molecule has 3 rings (SSSR count). The zero-order valence-electron chi connectivity index (χ0n) is 10.8. The van der Waals surface area contributed by atoms with Crippen LogP contribution in [-0.2, 0) is 0 Å². The van der Waals surface area contributed by atoms with E-state index in [4.69, 9.17) is 4.74 Å². The van der Waals surface area contributed by atoms with Crippen molar-refractivity contribution < 1.29 is 24.9 Å². The molecule has 1 aliphatic heterocycles. The number of carbonyl (C=O) groups is 1. The molecule has 0 spiro atoms. The highest BCUT2D eigenvalue weighted by molar-refractivity contribution is 9.10. The molecule has 1 saturated carbocycles. The van der Waals surface area contributed by atoms with Gasteiger partial charge in [0.2, 0.25) is 0 Å². The van der Waals surface area contributed by atoms with E-state index in [1.807, 2.05) is 13.0 Å². The van der Waals surface area contributed by atoms with Gasteiger partial charge in [-0.2, -0.15) is 0 Å². The molecule has 0 unspecified atom stereocenters. The van der Waals surface area contributed by atoms with E-state index < -0.39 is 17.5 Å². The summed E-state index contributed by atoms with van der Waals surface area (Å²) >= 11 is 3.31. The molecule has 1 heterocycles. The molecule has 6 heteroatoms. The van der Waals surface area contributed by atoms with Crippen molar-refractivity contribution in [1.82, 2.24) is 0 Å². The Bertz CT molecular complexity index is 587. The first-order chi connectivity index (χ1) is 9.38. The maximum Gasteiger partial charge on any atom is 0.339 e. The van der Waals surface area contributed by atoms with Crippen LogP contribution in [0, 0.1) is 5.41 Å². The number of halogens is 1. The van der Waals surface area contributed by atoms with Crippen LogP contribution < -0.4 is 4.74 Å². The molecule has 0 radical (unpaired) electrons. The predicted octanol–water partition coefficient (Wildman–Crippen LogP) is 1.76. The highest BCUT2D eigenvalue weighted by Gasteiger charge is 2.57. The van der Waals surface area contributed by atoms with Gasteiger partial charge >= 0.3 is 5.97 Å². The summed E-state index contributed by atoms with van der Waals surface area (Å²) in [7, 11) is 0. The second-order valence-corrected chi connectivity index (χ2v) is 6.64. The van der Waals surface area contributed by atoms with Gasteiger partial charge in [-0.1, -0.05) is 22.9 Å². The van der Waals surface area contributed by atoms with Gasteiger partial charge in [0.05, 0.1) is 12.7 Å². The van der Waals surface area contributed by atoms with E-state index in [0.29, 0.717) is 16.6 Å². The zero-order valence-corrected chi connectivity index (χ0v) is 12.4. The first-order valence-electron chi connectivity index (χ1n) is 6.41. The van der Waals surface area contributed by atoms with E-state index >= 15 is 0 Å². The molecular weight excluding hydrogens is 328 g/mol. The number of fused-ring (bicyclic) bond motifs is 3. The smallest absolute Gasteiger partial charge is 0.339 e. The summed E-state index contributed by atoms with van der Waals surface area (Å²) in [5.41, 5.74) is 0.139. The minimum atomic E-state index is -1.05. The largest absolute Gasteiger partial charge is 0.488 e. The quantitative estimate of drug-likeness (QED) is 0.762. The van der Waals surface area contributed by atoms with Crippen LogP contribution in [-0.4, -0.2) is 40.1 Å². The Morgan fingerprint density at radius 2 is 2.25 bits per heavy atom. The van der Waals surface area contributed by atoms with Gasteiger partial charge in [0.15, 0.2) is 0 Å². The van der Waals surface area contributed by atoms with Gasteiger partial charge in [-0.15, -0.1) is 0 Å². The van der Waals surface area contributed by atoms with Crippen molar-refractivity contribution >= 4 is 21.9 Å². The molecule has 1 aromatic rings. The first kappa shape index (κ1) is 13.9. The van der Waals surface area contributed by atoms with Crippen molar-refractivity contribution in [3.63, 3.8) is 0 Å². The highest BCUT2D eigenvalue weighted by Crippen LogP contribution is 2.57. The monoisotopic (exact) mass is 342 g/mol. The van der Waals surface area contributed by atoms with Crippen molar-refractivity contribution in [3.05, 3.63) is 27.7 Å². The van der Waals surface area contributed by atoms with Crippen molar-refractivity contribution in [3.8, 4) is 5.75 Å². The molecule has 0 bridgehead atoms. The Labute approximate surface area is 124 Å². The van der Waals surface area contributed by atoms with Gasteiger partial charge < -0.3 is 20.1 Å². The number of aliphatic hydroxyl groups excluding tert-OH is 2. The third kappa shape index (κ3) is 1.71. The van der Waals surface area contributed by atoms with Crippen LogP contribution in [0.5, 0.6) is 5.75 Å². The van der Waals surface area contributed by atoms with E-state index in [1.165, 1.54) is 6.07 Å². The number of hydrogen-bond acceptors (Lipinski definition) is 4. The van der Waals surface area contributed by atoms with E-state index in [1.54, 1.807) is 0 Å². The van der Waals surface area contributed by atoms with Crippen LogP contribution in [0.2, 0.25) is 0 Å². The van der Waals surface area contributed by atoms with Crippen LogP contribution in [0.15, 0.2) is 16.6 Å². The van der Waals surface area contributed by atoms with E-state index in [2.05, 4.69) is 15.9 Å². The molecule has 20 heavy (non-hydrogen) atoms. The van der Waals surface area contributed by atoms with Crippen LogP contribution in [0.4, 0.5) is 0 Å². The molecule has 0 aromatic heterocycles. The highest BCUT2D eigenvalue weighted by atomic mass is 79.9. The fraction of sp³-hybridized carbons (Fsp3) is 0.500. The number of rotatable bonds is 2. The lowest BCUT2D eigenvalue weighted by Crippen LogP contribution is -2.35. The Balaban J connectivity index is 2.17. The van der Waals surface area contributed by atoms with Crippen molar-refractivity contribution in [2.24, 2.45) is 5.41 Å². The minimum absolute atomic E-state index is 0.110. The average molecular weight is 343 g/mol. The van der Waals surface area contributed by atoms with Crippen molar-refractivity contribution in [2.45, 2.75) is 31.5 Å². The molecule has 108 valence electrons. The molecule has 1 fully saturated rings. The fourth-order valence-corrected chi connectivity index (χ4v) is 3.90. The van der Waals surface area contributed by atoms with Gasteiger partial charge in [0.1, 0.15) is 17.4 Å². The molecule has 5 nitrogen and oxygen atoms in total. The van der Waals surface area contributed by atoms with Gasteiger partial charge in [0, 0.05) is 27.8 Å². The molecule has 4 atom stereocenters. The summed E-state index contributed by atoms with van der Waals surface area (Å²) in [6.45, 7) is 1.63. The van der Waals surface area contributed by atoms with Gasteiger partial charge in [-0.3, -0.25) is 0 Å². The molecular formula is C14H15BrO5. The Hall–Kier alpha value is -1.11. The first-order valence-corrected chi connectivity index (χ1v) is 7.20. The van der Waals surface area contributed by atoms with Crippen LogP contribution in [0.3, 0.4) is 0 Å². The van der Waals surface area contributed by atoms with Gasteiger partial charge in [-0.05, 0) is 12.1 Å². The van der Waals surface area contributed by atoms with Crippen LogP contribution in [0.25, 0.3) is 0 Å². The molecule has 2 aliphatic rings.